The molecule has 1 N–H and O–H groups in total. The number of nitrogens with zero attached hydrogens (tertiary/aromatic N) is 2. The van der Waals surface area contributed by atoms with Crippen LogP contribution in [0.25, 0.3) is 0 Å². The van der Waals surface area contributed by atoms with Crippen molar-refractivity contribution in [1.82, 2.24) is 10.2 Å². The van der Waals surface area contributed by atoms with Gasteiger partial charge in [0.15, 0.2) is 0 Å². The van der Waals surface area contributed by atoms with E-state index in [1.54, 1.807) is 66.7 Å². The van der Waals surface area contributed by atoms with Crippen molar-refractivity contribution in [2.75, 3.05) is 10.8 Å². The predicted molar refractivity (Wildman–Crippen MR) is 188 cm³/mol. The number of carbonyl (C=O) groups is 2. The molecule has 1 atom stereocenters. The summed E-state index contributed by atoms with van der Waals surface area (Å²) in [7, 11) is -4.26. The standard InChI is InChI=1S/C39H38FN3O5S/c1-29(2)41-39(45)37(26-30-12-6-3-7-13-30)42(27-31-18-20-32(40)21-19-31)38(44)28-43(49(46,47)36-16-10-5-11-17-36)33-22-24-35(25-23-33)48-34-14-8-4-9-15-34/h3-25,29,37H,26-28H2,1-2H3,(H,41,45). The van der Waals surface area contributed by atoms with Crippen LogP contribution < -0.4 is 14.4 Å². The molecule has 0 spiro atoms. The normalized spacial score (nSPS) is 11.8. The zero-order valence-electron chi connectivity index (χ0n) is 27.3. The molecule has 5 rings (SSSR count). The van der Waals surface area contributed by atoms with Crippen molar-refractivity contribution in [2.24, 2.45) is 0 Å². The minimum Gasteiger partial charge on any atom is -0.457 e. The van der Waals surface area contributed by atoms with Crippen molar-refractivity contribution in [3.05, 3.63) is 156 Å². The molecule has 0 heterocycles. The SMILES string of the molecule is CC(C)NC(=O)C(Cc1ccccc1)N(Cc1ccc(F)cc1)C(=O)CN(c1ccc(Oc2ccccc2)cc1)S(=O)(=O)c1ccccc1. The number of anilines is 1. The predicted octanol–water partition coefficient (Wildman–Crippen LogP) is 6.98. The number of nitrogens with one attached hydrogen (secondary N) is 1. The number of hydrogen-bond donors (Lipinski definition) is 1. The fourth-order valence-corrected chi connectivity index (χ4v) is 6.71. The van der Waals surface area contributed by atoms with E-state index in [2.05, 4.69) is 5.32 Å². The Morgan fingerprint density at radius 3 is 1.86 bits per heavy atom. The molecule has 5 aromatic carbocycles. The van der Waals surface area contributed by atoms with Gasteiger partial charge in [-0.2, -0.15) is 0 Å². The van der Waals surface area contributed by atoms with Crippen molar-refractivity contribution in [3.63, 3.8) is 0 Å². The van der Waals surface area contributed by atoms with Gasteiger partial charge in [-0.1, -0.05) is 78.9 Å². The summed E-state index contributed by atoms with van der Waals surface area (Å²) < 4.78 is 49.2. The topological polar surface area (TPSA) is 96.0 Å². The van der Waals surface area contributed by atoms with Crippen LogP contribution in [0.3, 0.4) is 0 Å². The Morgan fingerprint density at radius 2 is 1.27 bits per heavy atom. The molecule has 10 heteroatoms. The molecule has 5 aromatic rings. The quantitative estimate of drug-likeness (QED) is 0.137. The molecular weight excluding hydrogens is 642 g/mol. The summed E-state index contributed by atoms with van der Waals surface area (Å²) in [5.41, 5.74) is 1.61. The fraction of sp³-hybridized carbons (Fsp3) is 0.179. The first-order valence-corrected chi connectivity index (χ1v) is 17.3. The number of sulfonamides is 1. The van der Waals surface area contributed by atoms with Crippen LogP contribution in [-0.2, 0) is 32.6 Å². The van der Waals surface area contributed by atoms with Crippen LogP contribution in [0.4, 0.5) is 10.1 Å². The maximum Gasteiger partial charge on any atom is 0.264 e. The van der Waals surface area contributed by atoms with Gasteiger partial charge in [0.05, 0.1) is 10.6 Å². The Hall–Kier alpha value is -5.48. The summed E-state index contributed by atoms with van der Waals surface area (Å²) in [6.07, 6.45) is 0.170. The van der Waals surface area contributed by atoms with Gasteiger partial charge in [-0.05, 0) is 85.6 Å². The second-order valence-corrected chi connectivity index (χ2v) is 13.6. The summed E-state index contributed by atoms with van der Waals surface area (Å²) in [4.78, 5) is 29.7. The number of carbonyl (C=O) groups excluding carboxylic acids is 2. The third-order valence-electron chi connectivity index (χ3n) is 7.68. The fourth-order valence-electron chi connectivity index (χ4n) is 5.27. The lowest BCUT2D eigenvalue weighted by atomic mass is 10.0. The van der Waals surface area contributed by atoms with E-state index in [1.807, 2.05) is 62.4 Å². The van der Waals surface area contributed by atoms with Gasteiger partial charge in [-0.25, -0.2) is 12.8 Å². The van der Waals surface area contributed by atoms with Gasteiger partial charge in [0, 0.05) is 19.0 Å². The van der Waals surface area contributed by atoms with Crippen molar-refractivity contribution >= 4 is 27.5 Å². The molecule has 0 saturated carbocycles. The number of ether oxygens (including phenoxy) is 1. The lowest BCUT2D eigenvalue weighted by Gasteiger charge is -2.34. The van der Waals surface area contributed by atoms with Gasteiger partial charge in [0.25, 0.3) is 10.0 Å². The van der Waals surface area contributed by atoms with E-state index in [0.717, 1.165) is 9.87 Å². The van der Waals surface area contributed by atoms with Crippen LogP contribution in [0.1, 0.15) is 25.0 Å². The summed E-state index contributed by atoms with van der Waals surface area (Å²) in [6, 6.07) is 37.1. The smallest absolute Gasteiger partial charge is 0.264 e. The molecule has 0 fully saturated rings. The lowest BCUT2D eigenvalue weighted by Crippen LogP contribution is -2.54. The summed E-state index contributed by atoms with van der Waals surface area (Å²) in [5.74, 6) is -0.369. The molecule has 8 nitrogen and oxygen atoms in total. The molecule has 0 bridgehead atoms. The van der Waals surface area contributed by atoms with Crippen LogP contribution >= 0.6 is 0 Å². The van der Waals surface area contributed by atoms with E-state index in [-0.39, 0.29) is 29.6 Å². The zero-order chi connectivity index (χ0) is 34.8. The first-order valence-electron chi connectivity index (χ1n) is 15.9. The number of rotatable bonds is 14. The van der Waals surface area contributed by atoms with Crippen molar-refractivity contribution in [3.8, 4) is 11.5 Å². The molecule has 0 aromatic heterocycles. The minimum absolute atomic E-state index is 0.00381. The molecule has 0 saturated heterocycles. The first kappa shape index (κ1) is 34.8. The number of benzene rings is 5. The molecule has 252 valence electrons. The van der Waals surface area contributed by atoms with E-state index in [4.69, 9.17) is 4.74 Å². The Bertz CT molecular complexity index is 1920. The van der Waals surface area contributed by atoms with Gasteiger partial charge in [0.1, 0.15) is 29.9 Å². The van der Waals surface area contributed by atoms with Gasteiger partial charge in [0.2, 0.25) is 11.8 Å². The maximum absolute atomic E-state index is 14.5. The Labute approximate surface area is 286 Å². The second-order valence-electron chi connectivity index (χ2n) is 11.8. The summed E-state index contributed by atoms with van der Waals surface area (Å²) in [5, 5.41) is 2.92. The highest BCUT2D eigenvalue weighted by molar-refractivity contribution is 7.92. The van der Waals surface area contributed by atoms with E-state index >= 15 is 0 Å². The van der Waals surface area contributed by atoms with E-state index in [9.17, 15) is 22.4 Å². The molecule has 2 amide bonds. The molecule has 0 aliphatic heterocycles. The first-order chi connectivity index (χ1) is 23.6. The zero-order valence-corrected chi connectivity index (χ0v) is 28.1. The highest BCUT2D eigenvalue weighted by Crippen LogP contribution is 2.29. The minimum atomic E-state index is -4.26. The van der Waals surface area contributed by atoms with Crippen molar-refractivity contribution in [2.45, 2.75) is 43.8 Å². The Morgan fingerprint density at radius 1 is 0.714 bits per heavy atom. The monoisotopic (exact) mass is 679 g/mol. The summed E-state index contributed by atoms with van der Waals surface area (Å²) >= 11 is 0. The molecule has 49 heavy (non-hydrogen) atoms. The highest BCUT2D eigenvalue weighted by Gasteiger charge is 2.34. The number of hydrogen-bond acceptors (Lipinski definition) is 5. The van der Waals surface area contributed by atoms with Crippen LogP contribution in [0.5, 0.6) is 11.5 Å². The number of amides is 2. The largest absolute Gasteiger partial charge is 0.457 e. The highest BCUT2D eigenvalue weighted by atomic mass is 32.2. The second kappa shape index (κ2) is 16.1. The van der Waals surface area contributed by atoms with E-state index in [1.165, 1.54) is 29.2 Å². The average molecular weight is 680 g/mol. The molecule has 0 aliphatic rings. The van der Waals surface area contributed by atoms with Gasteiger partial charge < -0.3 is 15.0 Å². The third-order valence-corrected chi connectivity index (χ3v) is 9.47. The van der Waals surface area contributed by atoms with E-state index < -0.39 is 40.2 Å². The van der Waals surface area contributed by atoms with Crippen LogP contribution in [0, 0.1) is 5.82 Å². The molecule has 0 radical (unpaired) electrons. The van der Waals surface area contributed by atoms with Crippen molar-refractivity contribution < 1.29 is 27.1 Å². The Balaban J connectivity index is 1.54. The summed E-state index contributed by atoms with van der Waals surface area (Å²) in [6.45, 7) is 2.97. The lowest BCUT2D eigenvalue weighted by molar-refractivity contribution is -0.140. The van der Waals surface area contributed by atoms with Crippen LogP contribution in [-0.4, -0.2) is 43.8 Å². The van der Waals surface area contributed by atoms with E-state index in [0.29, 0.717) is 17.1 Å². The molecular formula is C39H38FN3O5S. The van der Waals surface area contributed by atoms with Crippen molar-refractivity contribution in [1.29, 1.82) is 0 Å². The molecule has 0 aliphatic carbocycles. The number of para-hydroxylation sites is 1. The average Bonchev–Trinajstić information content (AvgIpc) is 3.11. The number of halogens is 1. The van der Waals surface area contributed by atoms with Crippen LogP contribution in [0.15, 0.2) is 144 Å². The van der Waals surface area contributed by atoms with Gasteiger partial charge in [-0.3, -0.25) is 13.9 Å². The maximum atomic E-state index is 14.5. The van der Waals surface area contributed by atoms with Crippen LogP contribution in [0.2, 0.25) is 0 Å². The Kier molecular flexibility index (Phi) is 11.4. The van der Waals surface area contributed by atoms with Gasteiger partial charge >= 0.3 is 0 Å². The molecule has 1 unspecified atom stereocenters. The van der Waals surface area contributed by atoms with Gasteiger partial charge in [-0.15, -0.1) is 0 Å². The third kappa shape index (κ3) is 9.33.